The number of hydrogen-bond acceptors (Lipinski definition) is 4. The fraction of sp³-hybridized carbons (Fsp3) is 0.462. The molecule has 2 unspecified atom stereocenters. The molecule has 1 aliphatic heterocycles. The number of carbonyl (C=O) groups excluding carboxylic acids is 1. The van der Waals surface area contributed by atoms with E-state index < -0.39 is 0 Å². The van der Waals surface area contributed by atoms with Crippen molar-refractivity contribution in [3.63, 3.8) is 0 Å². The second-order valence-electron chi connectivity index (χ2n) is 4.52. The maximum Gasteiger partial charge on any atom is 0.147 e. The molecule has 0 aliphatic carbocycles. The smallest absolute Gasteiger partial charge is 0.147 e. The minimum atomic E-state index is -0.160. The van der Waals surface area contributed by atoms with Crippen LogP contribution in [0.25, 0.3) is 0 Å². The Hall–Kier alpha value is -0.450. The van der Waals surface area contributed by atoms with Crippen molar-refractivity contribution >= 4 is 31.2 Å². The lowest BCUT2D eigenvalue weighted by Crippen LogP contribution is -2.29. The number of benzene rings is 1. The van der Waals surface area contributed by atoms with Gasteiger partial charge in [0.25, 0.3) is 0 Å². The lowest BCUT2D eigenvalue weighted by Gasteiger charge is -2.22. The van der Waals surface area contributed by atoms with Crippen molar-refractivity contribution in [1.82, 2.24) is 4.31 Å². The van der Waals surface area contributed by atoms with Gasteiger partial charge < -0.3 is 0 Å². The zero-order chi connectivity index (χ0) is 12.3. The Balaban J connectivity index is 2.09. The van der Waals surface area contributed by atoms with Crippen molar-refractivity contribution in [2.45, 2.75) is 18.1 Å². The van der Waals surface area contributed by atoms with E-state index in [4.69, 9.17) is 0 Å². The minimum absolute atomic E-state index is 0.160. The van der Waals surface area contributed by atoms with Gasteiger partial charge in [-0.15, -0.1) is 0 Å². The van der Waals surface area contributed by atoms with E-state index in [0.717, 1.165) is 19.5 Å². The maximum absolute atomic E-state index is 11.8. The van der Waals surface area contributed by atoms with Crippen LogP contribution in [0.5, 0.6) is 0 Å². The van der Waals surface area contributed by atoms with Crippen LogP contribution in [0.3, 0.4) is 0 Å². The quantitative estimate of drug-likeness (QED) is 0.802. The lowest BCUT2D eigenvalue weighted by molar-refractivity contribution is -0.118. The van der Waals surface area contributed by atoms with Crippen molar-refractivity contribution in [2.24, 2.45) is 5.92 Å². The summed E-state index contributed by atoms with van der Waals surface area (Å²) < 4.78 is 1.93. The van der Waals surface area contributed by atoms with Crippen LogP contribution in [0.15, 0.2) is 30.3 Å². The monoisotopic (exact) mass is 267 g/mol. The molecule has 1 aliphatic rings. The van der Waals surface area contributed by atoms with Gasteiger partial charge in [0, 0.05) is 19.5 Å². The van der Waals surface area contributed by atoms with Crippen molar-refractivity contribution < 1.29 is 4.79 Å². The number of rotatable bonds is 2. The number of carbonyl (C=O) groups is 1. The summed E-state index contributed by atoms with van der Waals surface area (Å²) >= 11 is 8.87. The van der Waals surface area contributed by atoms with Crippen LogP contribution in [-0.2, 0) is 11.2 Å². The van der Waals surface area contributed by atoms with Crippen LogP contribution in [0, 0.1) is 5.92 Å². The molecule has 0 saturated carbocycles. The number of hydrogen-bond donors (Lipinski definition) is 2. The molecule has 0 bridgehead atoms. The topological polar surface area (TPSA) is 20.3 Å². The van der Waals surface area contributed by atoms with Gasteiger partial charge in [-0.05, 0) is 17.9 Å². The van der Waals surface area contributed by atoms with Gasteiger partial charge in [0.2, 0.25) is 0 Å². The van der Waals surface area contributed by atoms with Crippen molar-refractivity contribution in [2.75, 3.05) is 13.1 Å². The first-order valence-electron chi connectivity index (χ1n) is 5.85. The first kappa shape index (κ1) is 13.0. The summed E-state index contributed by atoms with van der Waals surface area (Å²) in [6, 6.07) is 10.3. The minimum Gasteiger partial charge on any atom is -0.298 e. The summed E-state index contributed by atoms with van der Waals surface area (Å²) in [7, 11) is 0. The molecule has 92 valence electrons. The Morgan fingerprint density at radius 2 is 2.00 bits per heavy atom. The normalized spacial score (nSPS) is 26.8. The second kappa shape index (κ2) is 5.94. The highest BCUT2D eigenvalue weighted by Gasteiger charge is 2.29. The molecule has 0 amide bonds. The molecule has 2 nitrogen and oxygen atoms in total. The molecule has 1 heterocycles. The van der Waals surface area contributed by atoms with Gasteiger partial charge in [0.05, 0.1) is 5.25 Å². The number of Topliss-reactive ketones (excluding diaryl/α,β-unsaturated/α-hetero) is 1. The Labute approximate surface area is 113 Å². The van der Waals surface area contributed by atoms with Gasteiger partial charge in [-0.2, -0.15) is 12.6 Å². The summed E-state index contributed by atoms with van der Waals surface area (Å²) in [5, 5.41) is -0.160. The zero-order valence-corrected chi connectivity index (χ0v) is 11.4. The molecule has 0 N–H and O–H groups in total. The van der Waals surface area contributed by atoms with Crippen LogP contribution in [-0.4, -0.2) is 28.4 Å². The highest BCUT2D eigenvalue weighted by Crippen LogP contribution is 2.23. The second-order valence-corrected chi connectivity index (χ2v) is 5.65. The first-order valence-corrected chi connectivity index (χ1v) is 6.77. The molecular formula is C13H17NOS2. The molecule has 1 saturated heterocycles. The Morgan fingerprint density at radius 1 is 1.29 bits per heavy atom. The molecule has 1 aromatic rings. The molecular weight excluding hydrogens is 250 g/mol. The average Bonchev–Trinajstić information content (AvgIpc) is 2.45. The van der Waals surface area contributed by atoms with Gasteiger partial charge in [0.15, 0.2) is 0 Å². The van der Waals surface area contributed by atoms with Crippen LogP contribution in [0.2, 0.25) is 0 Å². The largest absolute Gasteiger partial charge is 0.298 e. The molecule has 0 radical (unpaired) electrons. The summed E-state index contributed by atoms with van der Waals surface area (Å²) in [4.78, 5) is 11.8. The van der Waals surface area contributed by atoms with Gasteiger partial charge in [0.1, 0.15) is 5.78 Å². The van der Waals surface area contributed by atoms with Crippen LogP contribution >= 0.6 is 25.4 Å². The van der Waals surface area contributed by atoms with Gasteiger partial charge in [-0.3, -0.25) is 9.10 Å². The Morgan fingerprint density at radius 3 is 2.71 bits per heavy atom. The van der Waals surface area contributed by atoms with Crippen LogP contribution in [0.4, 0.5) is 0 Å². The molecule has 0 spiro atoms. The lowest BCUT2D eigenvalue weighted by atomic mass is 9.94. The molecule has 4 heteroatoms. The Bertz CT molecular complexity index is 382. The van der Waals surface area contributed by atoms with E-state index in [-0.39, 0.29) is 17.0 Å². The fourth-order valence-electron chi connectivity index (χ4n) is 2.20. The summed E-state index contributed by atoms with van der Waals surface area (Å²) in [6.45, 7) is 1.54. The third-order valence-corrected chi connectivity index (χ3v) is 4.25. The predicted octanol–water partition coefficient (Wildman–Crippen LogP) is 2.26. The third-order valence-electron chi connectivity index (χ3n) is 3.18. The predicted molar refractivity (Wildman–Crippen MR) is 76.6 cm³/mol. The zero-order valence-electron chi connectivity index (χ0n) is 9.62. The highest BCUT2D eigenvalue weighted by atomic mass is 32.1. The van der Waals surface area contributed by atoms with Crippen molar-refractivity contribution in [3.8, 4) is 0 Å². The van der Waals surface area contributed by atoms with Gasteiger partial charge >= 0.3 is 0 Å². The first-order chi connectivity index (χ1) is 8.16. The van der Waals surface area contributed by atoms with Crippen molar-refractivity contribution in [1.29, 1.82) is 0 Å². The summed E-state index contributed by atoms with van der Waals surface area (Å²) in [6.07, 6.45) is 1.45. The summed E-state index contributed by atoms with van der Waals surface area (Å²) in [5.74, 6) is 0.485. The summed E-state index contributed by atoms with van der Waals surface area (Å²) in [5.41, 5.74) is 1.26. The molecule has 0 aromatic heterocycles. The van der Waals surface area contributed by atoms with E-state index in [1.54, 1.807) is 0 Å². The van der Waals surface area contributed by atoms with Gasteiger partial charge in [-0.1, -0.05) is 43.1 Å². The third kappa shape index (κ3) is 3.50. The number of nitrogens with zero attached hydrogens (tertiary/aromatic N) is 1. The number of ketones is 1. The standard InChI is InChI=1S/C13H17NOS2/c15-12-6-7-14(17)9-11(13(12)16)8-10-4-2-1-3-5-10/h1-5,11,13,16-17H,6-9H2. The average molecular weight is 267 g/mol. The van der Waals surface area contributed by atoms with E-state index >= 15 is 0 Å². The molecule has 2 atom stereocenters. The fourth-order valence-corrected chi connectivity index (χ4v) is 2.84. The van der Waals surface area contributed by atoms with E-state index in [1.807, 2.05) is 22.5 Å². The molecule has 17 heavy (non-hydrogen) atoms. The van der Waals surface area contributed by atoms with Gasteiger partial charge in [-0.25, -0.2) is 0 Å². The van der Waals surface area contributed by atoms with E-state index in [2.05, 4.69) is 37.6 Å². The van der Waals surface area contributed by atoms with E-state index in [9.17, 15) is 4.79 Å². The molecule has 1 aromatic carbocycles. The van der Waals surface area contributed by atoms with Crippen molar-refractivity contribution in [3.05, 3.63) is 35.9 Å². The molecule has 2 rings (SSSR count). The van der Waals surface area contributed by atoms with Crippen LogP contribution < -0.4 is 0 Å². The molecule has 1 fully saturated rings. The maximum atomic E-state index is 11.8. The van der Waals surface area contributed by atoms with E-state index in [0.29, 0.717) is 6.42 Å². The Kier molecular flexibility index (Phi) is 4.54. The SMILES string of the molecule is O=C1CCN(S)CC(Cc2ccccc2)C1S. The highest BCUT2D eigenvalue weighted by molar-refractivity contribution is 7.81. The van der Waals surface area contributed by atoms with Crippen LogP contribution in [0.1, 0.15) is 12.0 Å². The van der Waals surface area contributed by atoms with E-state index in [1.165, 1.54) is 5.56 Å². The number of thiol groups is 2.